The van der Waals surface area contributed by atoms with Crippen LogP contribution in [0.25, 0.3) is 0 Å². The third kappa shape index (κ3) is 3.60. The van der Waals surface area contributed by atoms with E-state index >= 15 is 0 Å². The van der Waals surface area contributed by atoms with Crippen LogP contribution in [0.15, 0.2) is 11.2 Å². The molecule has 0 N–H and O–H groups in total. The third-order valence-electron chi connectivity index (χ3n) is 3.47. The van der Waals surface area contributed by atoms with Gasteiger partial charge in [-0.05, 0) is 13.3 Å². The molecule has 106 valence electrons. The lowest BCUT2D eigenvalue weighted by Gasteiger charge is -2.34. The van der Waals surface area contributed by atoms with Crippen molar-refractivity contribution in [2.45, 2.75) is 31.3 Å². The molecule has 1 saturated heterocycles. The Morgan fingerprint density at radius 2 is 1.74 bits per heavy atom. The Morgan fingerprint density at radius 3 is 2.26 bits per heavy atom. The zero-order valence-corrected chi connectivity index (χ0v) is 13.4. The van der Waals surface area contributed by atoms with Crippen LogP contribution >= 0.6 is 11.8 Å². The van der Waals surface area contributed by atoms with Crippen molar-refractivity contribution in [1.82, 2.24) is 14.9 Å². The van der Waals surface area contributed by atoms with Gasteiger partial charge in [0.2, 0.25) is 0 Å². The minimum atomic E-state index is 0.0642. The van der Waals surface area contributed by atoms with Gasteiger partial charge in [-0.3, -0.25) is 0 Å². The topological polar surface area (TPSA) is 32.3 Å². The highest BCUT2D eigenvalue weighted by molar-refractivity contribution is 7.98. The van der Waals surface area contributed by atoms with Crippen LogP contribution in [0.3, 0.4) is 0 Å². The SMILES string of the molecule is CSc1nc(N2CCN(C)CC2)cc(C(C)(C)C)n1. The predicted octanol–water partition coefficient (Wildman–Crippen LogP) is 2.25. The van der Waals surface area contributed by atoms with Crippen LogP contribution < -0.4 is 4.90 Å². The van der Waals surface area contributed by atoms with Gasteiger partial charge in [-0.2, -0.15) is 0 Å². The fourth-order valence-corrected chi connectivity index (χ4v) is 2.46. The van der Waals surface area contributed by atoms with Crippen molar-refractivity contribution in [2.75, 3.05) is 44.4 Å². The number of thioether (sulfide) groups is 1. The van der Waals surface area contributed by atoms with Crippen molar-refractivity contribution in [3.63, 3.8) is 0 Å². The fourth-order valence-electron chi connectivity index (χ4n) is 2.09. The maximum atomic E-state index is 4.67. The van der Waals surface area contributed by atoms with Gasteiger partial charge in [-0.1, -0.05) is 32.5 Å². The van der Waals surface area contributed by atoms with E-state index in [1.807, 2.05) is 6.26 Å². The molecule has 0 atom stereocenters. The van der Waals surface area contributed by atoms with E-state index < -0.39 is 0 Å². The minimum absolute atomic E-state index is 0.0642. The molecule has 0 saturated carbocycles. The second kappa shape index (κ2) is 5.67. The number of aromatic nitrogens is 2. The number of piperazine rings is 1. The standard InChI is InChI=1S/C14H24N4S/c1-14(2,3)11-10-12(16-13(15-11)19-5)18-8-6-17(4)7-9-18/h10H,6-9H2,1-5H3. The molecular formula is C14H24N4S. The van der Waals surface area contributed by atoms with Gasteiger partial charge in [0, 0.05) is 37.7 Å². The highest BCUT2D eigenvalue weighted by atomic mass is 32.2. The van der Waals surface area contributed by atoms with Crippen LogP contribution in [-0.4, -0.2) is 54.4 Å². The number of rotatable bonds is 2. The molecule has 0 radical (unpaired) electrons. The van der Waals surface area contributed by atoms with Gasteiger partial charge in [-0.25, -0.2) is 9.97 Å². The number of nitrogens with zero attached hydrogens (tertiary/aromatic N) is 4. The Morgan fingerprint density at radius 1 is 1.11 bits per heavy atom. The number of anilines is 1. The van der Waals surface area contributed by atoms with Crippen LogP contribution in [0, 0.1) is 0 Å². The molecular weight excluding hydrogens is 256 g/mol. The van der Waals surface area contributed by atoms with Gasteiger partial charge in [0.15, 0.2) is 5.16 Å². The molecule has 0 aliphatic carbocycles. The first-order valence-electron chi connectivity index (χ1n) is 6.77. The second-order valence-corrected chi connectivity index (χ2v) is 6.91. The maximum Gasteiger partial charge on any atom is 0.189 e. The van der Waals surface area contributed by atoms with Gasteiger partial charge in [0.25, 0.3) is 0 Å². The Bertz CT molecular complexity index is 434. The smallest absolute Gasteiger partial charge is 0.189 e. The number of likely N-dealkylation sites (N-methyl/N-ethyl adjacent to an activating group) is 1. The van der Waals surface area contributed by atoms with Gasteiger partial charge < -0.3 is 9.80 Å². The molecule has 1 fully saturated rings. The van der Waals surface area contributed by atoms with Gasteiger partial charge in [-0.15, -0.1) is 0 Å². The molecule has 2 heterocycles. The Kier molecular flexibility index (Phi) is 4.36. The largest absolute Gasteiger partial charge is 0.354 e. The average molecular weight is 280 g/mol. The van der Waals surface area contributed by atoms with Crippen LogP contribution in [0.5, 0.6) is 0 Å². The molecule has 5 heteroatoms. The molecule has 1 aliphatic heterocycles. The predicted molar refractivity (Wildman–Crippen MR) is 82.2 cm³/mol. The number of hydrogen-bond donors (Lipinski definition) is 0. The van der Waals surface area contributed by atoms with E-state index in [2.05, 4.69) is 53.7 Å². The van der Waals surface area contributed by atoms with E-state index in [9.17, 15) is 0 Å². The van der Waals surface area contributed by atoms with Crippen molar-refractivity contribution in [1.29, 1.82) is 0 Å². The second-order valence-electron chi connectivity index (χ2n) is 6.14. The van der Waals surface area contributed by atoms with E-state index in [0.29, 0.717) is 0 Å². The summed E-state index contributed by atoms with van der Waals surface area (Å²) in [6.07, 6.45) is 2.04. The van der Waals surface area contributed by atoms with Crippen LogP contribution in [-0.2, 0) is 5.41 Å². The van der Waals surface area contributed by atoms with Crippen molar-refractivity contribution < 1.29 is 0 Å². The first-order chi connectivity index (χ1) is 8.90. The summed E-state index contributed by atoms with van der Waals surface area (Å²) in [4.78, 5) is 14.1. The molecule has 1 aliphatic rings. The van der Waals surface area contributed by atoms with Crippen molar-refractivity contribution >= 4 is 17.6 Å². The average Bonchev–Trinajstić information content (AvgIpc) is 2.38. The summed E-state index contributed by atoms with van der Waals surface area (Å²) < 4.78 is 0. The fraction of sp³-hybridized carbons (Fsp3) is 0.714. The molecule has 4 nitrogen and oxygen atoms in total. The summed E-state index contributed by atoms with van der Waals surface area (Å²) in [5.41, 5.74) is 1.19. The van der Waals surface area contributed by atoms with Gasteiger partial charge in [0.1, 0.15) is 5.82 Å². The lowest BCUT2D eigenvalue weighted by Crippen LogP contribution is -2.45. The van der Waals surface area contributed by atoms with Gasteiger partial charge in [0.05, 0.1) is 5.69 Å². The first kappa shape index (κ1) is 14.6. The Labute approximate surface area is 120 Å². The highest BCUT2D eigenvalue weighted by Gasteiger charge is 2.21. The number of hydrogen-bond acceptors (Lipinski definition) is 5. The summed E-state index contributed by atoms with van der Waals surface area (Å²) in [5, 5.41) is 0.876. The minimum Gasteiger partial charge on any atom is -0.354 e. The molecule has 0 amide bonds. The quantitative estimate of drug-likeness (QED) is 0.613. The molecule has 0 aromatic carbocycles. The zero-order valence-electron chi connectivity index (χ0n) is 12.6. The van der Waals surface area contributed by atoms with Gasteiger partial charge >= 0.3 is 0 Å². The summed E-state index contributed by atoms with van der Waals surface area (Å²) in [6, 6.07) is 2.16. The van der Waals surface area contributed by atoms with Crippen LogP contribution in [0.2, 0.25) is 0 Å². The molecule has 0 spiro atoms. The van der Waals surface area contributed by atoms with Crippen molar-refractivity contribution in [2.24, 2.45) is 0 Å². The highest BCUT2D eigenvalue weighted by Crippen LogP contribution is 2.26. The third-order valence-corrected chi connectivity index (χ3v) is 4.02. The lowest BCUT2D eigenvalue weighted by atomic mass is 9.92. The molecule has 19 heavy (non-hydrogen) atoms. The molecule has 1 aromatic rings. The summed E-state index contributed by atoms with van der Waals surface area (Å²) >= 11 is 1.62. The zero-order chi connectivity index (χ0) is 14.0. The monoisotopic (exact) mass is 280 g/mol. The maximum absolute atomic E-state index is 4.67. The normalized spacial score (nSPS) is 17.8. The van der Waals surface area contributed by atoms with E-state index in [-0.39, 0.29) is 5.41 Å². The summed E-state index contributed by atoms with van der Waals surface area (Å²) in [5.74, 6) is 1.08. The summed E-state index contributed by atoms with van der Waals surface area (Å²) in [6.45, 7) is 10.9. The Balaban J connectivity index is 2.29. The molecule has 0 bridgehead atoms. The lowest BCUT2D eigenvalue weighted by molar-refractivity contribution is 0.311. The Hall–Kier alpha value is -0.810. The van der Waals surface area contributed by atoms with E-state index in [4.69, 9.17) is 0 Å². The molecule has 2 rings (SSSR count). The first-order valence-corrected chi connectivity index (χ1v) is 7.99. The van der Waals surface area contributed by atoms with Crippen LogP contribution in [0.1, 0.15) is 26.5 Å². The van der Waals surface area contributed by atoms with Crippen molar-refractivity contribution in [3.8, 4) is 0 Å². The van der Waals surface area contributed by atoms with Crippen molar-refractivity contribution in [3.05, 3.63) is 11.8 Å². The van der Waals surface area contributed by atoms with E-state index in [1.54, 1.807) is 11.8 Å². The van der Waals surface area contributed by atoms with Crippen LogP contribution in [0.4, 0.5) is 5.82 Å². The van der Waals surface area contributed by atoms with E-state index in [0.717, 1.165) is 42.8 Å². The summed E-state index contributed by atoms with van der Waals surface area (Å²) in [7, 11) is 2.17. The van der Waals surface area contributed by atoms with E-state index in [1.165, 1.54) is 0 Å². The molecule has 1 aromatic heterocycles. The molecule has 0 unspecified atom stereocenters.